The minimum atomic E-state index is -4.43. The van der Waals surface area contributed by atoms with Gasteiger partial charge in [0.05, 0.1) is 12.5 Å². The lowest BCUT2D eigenvalue weighted by Crippen LogP contribution is -2.32. The summed E-state index contributed by atoms with van der Waals surface area (Å²) in [5.41, 5.74) is 0.261. The van der Waals surface area contributed by atoms with Crippen LogP contribution in [-0.4, -0.2) is 17.1 Å². The molecule has 0 radical (unpaired) electrons. The molecule has 0 spiro atoms. The topological polar surface area (TPSA) is 55.1 Å². The van der Waals surface area contributed by atoms with Gasteiger partial charge >= 0.3 is 6.18 Å². The van der Waals surface area contributed by atoms with Gasteiger partial charge in [0.25, 0.3) is 5.91 Å². The second-order valence-electron chi connectivity index (χ2n) is 4.65. The molecular weight excluding hydrogens is 321 g/mol. The van der Waals surface area contributed by atoms with Crippen LogP contribution in [-0.2, 0) is 0 Å². The van der Waals surface area contributed by atoms with E-state index in [1.54, 1.807) is 0 Å². The molecule has 0 bridgehead atoms. The van der Waals surface area contributed by atoms with Crippen molar-refractivity contribution in [2.24, 2.45) is 0 Å². The molecule has 0 aliphatic heterocycles. The van der Waals surface area contributed by atoms with Crippen molar-refractivity contribution in [1.82, 2.24) is 10.3 Å². The molecule has 1 aromatic heterocycles. The number of alkyl halides is 3. The summed E-state index contributed by atoms with van der Waals surface area (Å²) in [7, 11) is 0. The van der Waals surface area contributed by atoms with Crippen molar-refractivity contribution in [1.29, 1.82) is 0 Å². The third kappa shape index (κ3) is 4.24. The summed E-state index contributed by atoms with van der Waals surface area (Å²) in [4.78, 5) is 15.7. The number of nitrogens with zero attached hydrogens (tertiary/aromatic N) is 1. The van der Waals surface area contributed by atoms with Gasteiger partial charge in [-0.3, -0.25) is 4.79 Å². The first-order valence-electron chi connectivity index (χ1n) is 6.29. The van der Waals surface area contributed by atoms with Gasteiger partial charge in [-0.15, -0.1) is 0 Å². The molecule has 1 heterocycles. The number of hydrogen-bond acceptors (Lipinski definition) is 3. The monoisotopic (exact) mass is 332 g/mol. The van der Waals surface area contributed by atoms with Gasteiger partial charge in [0.15, 0.2) is 12.1 Å². The van der Waals surface area contributed by atoms with E-state index in [4.69, 9.17) is 16.0 Å². The van der Waals surface area contributed by atoms with Crippen LogP contribution in [0.2, 0.25) is 5.02 Å². The van der Waals surface area contributed by atoms with E-state index in [2.05, 4.69) is 10.3 Å². The summed E-state index contributed by atoms with van der Waals surface area (Å²) in [5, 5.41) is 2.72. The Kier molecular flexibility index (Phi) is 4.75. The van der Waals surface area contributed by atoms with Crippen molar-refractivity contribution < 1.29 is 22.4 Å². The van der Waals surface area contributed by atoms with E-state index in [-0.39, 0.29) is 11.5 Å². The van der Waals surface area contributed by atoms with E-state index in [9.17, 15) is 18.0 Å². The Labute approximate surface area is 129 Å². The van der Waals surface area contributed by atoms with Crippen LogP contribution in [0.4, 0.5) is 13.2 Å². The average Bonchev–Trinajstić information content (AvgIpc) is 2.83. The first kappa shape index (κ1) is 16.4. The molecule has 4 nitrogen and oxygen atoms in total. The highest BCUT2D eigenvalue weighted by Gasteiger charge is 2.34. The molecule has 1 unspecified atom stereocenters. The largest absolute Gasteiger partial charge is 0.448 e. The first-order chi connectivity index (χ1) is 10.3. The van der Waals surface area contributed by atoms with Crippen LogP contribution in [0.25, 0.3) is 0 Å². The van der Waals surface area contributed by atoms with E-state index in [1.807, 2.05) is 0 Å². The lowest BCUT2D eigenvalue weighted by molar-refractivity contribution is -0.139. The number of oxazole rings is 1. The molecule has 0 aliphatic rings. The van der Waals surface area contributed by atoms with Gasteiger partial charge in [-0.1, -0.05) is 23.7 Å². The Morgan fingerprint density at radius 1 is 1.36 bits per heavy atom. The molecule has 1 N–H and O–H groups in total. The number of rotatable bonds is 4. The Balaban J connectivity index is 2.23. The molecule has 0 aliphatic carbocycles. The van der Waals surface area contributed by atoms with E-state index in [0.29, 0.717) is 10.6 Å². The molecule has 8 heteroatoms. The number of carbonyl (C=O) groups is 1. The molecule has 2 aromatic rings. The maximum atomic E-state index is 12.7. The normalized spacial score (nSPS) is 13.0. The minimum Gasteiger partial charge on any atom is -0.448 e. The average molecular weight is 333 g/mol. The van der Waals surface area contributed by atoms with Gasteiger partial charge in [0.1, 0.15) is 5.76 Å². The molecule has 0 fully saturated rings. The molecular formula is C14H12ClF3N2O2. The molecule has 2 rings (SSSR count). The quantitative estimate of drug-likeness (QED) is 0.918. The maximum absolute atomic E-state index is 12.7. The Morgan fingerprint density at radius 3 is 2.50 bits per heavy atom. The zero-order chi connectivity index (χ0) is 16.3. The summed E-state index contributed by atoms with van der Waals surface area (Å²) >= 11 is 5.73. The Bertz CT molecular complexity index is 653. The molecule has 118 valence electrons. The van der Waals surface area contributed by atoms with Crippen molar-refractivity contribution in [3.63, 3.8) is 0 Å². The van der Waals surface area contributed by atoms with Gasteiger partial charge < -0.3 is 9.73 Å². The highest BCUT2D eigenvalue weighted by Crippen LogP contribution is 2.30. The van der Waals surface area contributed by atoms with Gasteiger partial charge in [-0.05, 0) is 24.6 Å². The number of aryl methyl sites for hydroxylation is 1. The zero-order valence-electron chi connectivity index (χ0n) is 11.4. The van der Waals surface area contributed by atoms with Gasteiger partial charge in [-0.2, -0.15) is 13.2 Å². The fourth-order valence-electron chi connectivity index (χ4n) is 1.93. The lowest BCUT2D eigenvalue weighted by Gasteiger charge is -2.20. The van der Waals surface area contributed by atoms with Crippen molar-refractivity contribution >= 4 is 17.5 Å². The number of nitrogens with one attached hydrogen (secondary N) is 1. The van der Waals surface area contributed by atoms with Crippen LogP contribution < -0.4 is 5.32 Å². The number of amides is 1. The van der Waals surface area contributed by atoms with E-state index in [1.165, 1.54) is 31.2 Å². The fourth-order valence-corrected chi connectivity index (χ4v) is 2.05. The SMILES string of the molecule is Cc1ocnc1C(=O)NC(CC(F)(F)F)c1ccc(Cl)cc1. The van der Waals surface area contributed by atoms with Crippen molar-refractivity contribution in [2.45, 2.75) is 25.6 Å². The lowest BCUT2D eigenvalue weighted by atomic mass is 10.0. The number of carbonyl (C=O) groups excluding carboxylic acids is 1. The van der Waals surface area contributed by atoms with Gasteiger partial charge in [0, 0.05) is 5.02 Å². The Morgan fingerprint density at radius 2 is 2.00 bits per heavy atom. The summed E-state index contributed by atoms with van der Waals surface area (Å²) in [6.45, 7) is 1.50. The van der Waals surface area contributed by atoms with Gasteiger partial charge in [0.2, 0.25) is 0 Å². The standard InChI is InChI=1S/C14H12ClF3N2O2/c1-8-12(19-7-22-8)13(21)20-11(6-14(16,17)18)9-2-4-10(15)5-3-9/h2-5,7,11H,6H2,1H3,(H,20,21). The van der Waals surface area contributed by atoms with Crippen LogP contribution in [0.15, 0.2) is 35.1 Å². The number of halogens is 4. The van der Waals surface area contributed by atoms with E-state index >= 15 is 0 Å². The maximum Gasteiger partial charge on any atom is 0.391 e. The van der Waals surface area contributed by atoms with Crippen LogP contribution in [0.3, 0.4) is 0 Å². The summed E-state index contributed by atoms with van der Waals surface area (Å²) in [5.74, 6) is -0.491. The first-order valence-corrected chi connectivity index (χ1v) is 6.67. The van der Waals surface area contributed by atoms with Crippen LogP contribution in [0, 0.1) is 6.92 Å². The summed E-state index contributed by atoms with van der Waals surface area (Å²) in [6.07, 6.45) is -4.57. The minimum absolute atomic E-state index is 0.0406. The van der Waals surface area contributed by atoms with Crippen molar-refractivity contribution in [2.75, 3.05) is 0 Å². The van der Waals surface area contributed by atoms with Crippen LogP contribution in [0.1, 0.15) is 34.3 Å². The van der Waals surface area contributed by atoms with Crippen LogP contribution in [0.5, 0.6) is 0 Å². The number of benzene rings is 1. The van der Waals surface area contributed by atoms with Crippen LogP contribution >= 0.6 is 11.6 Å². The molecule has 22 heavy (non-hydrogen) atoms. The van der Waals surface area contributed by atoms with Crippen molar-refractivity contribution in [3.05, 3.63) is 52.7 Å². The molecule has 1 atom stereocenters. The smallest absolute Gasteiger partial charge is 0.391 e. The molecule has 1 aromatic carbocycles. The Hall–Kier alpha value is -2.02. The predicted octanol–water partition coefficient (Wildman–Crippen LogP) is 4.06. The zero-order valence-corrected chi connectivity index (χ0v) is 12.2. The van der Waals surface area contributed by atoms with Crippen molar-refractivity contribution in [3.8, 4) is 0 Å². The van der Waals surface area contributed by atoms with Gasteiger partial charge in [-0.25, -0.2) is 4.98 Å². The fraction of sp³-hybridized carbons (Fsp3) is 0.286. The number of aromatic nitrogens is 1. The highest BCUT2D eigenvalue weighted by molar-refractivity contribution is 6.30. The number of hydrogen-bond donors (Lipinski definition) is 1. The second-order valence-corrected chi connectivity index (χ2v) is 5.09. The highest BCUT2D eigenvalue weighted by atomic mass is 35.5. The molecule has 0 saturated carbocycles. The summed E-state index contributed by atoms with van der Waals surface area (Å²) < 4.78 is 43.1. The second kappa shape index (κ2) is 6.39. The molecule has 1 amide bonds. The third-order valence-electron chi connectivity index (χ3n) is 2.97. The summed E-state index contributed by atoms with van der Waals surface area (Å²) in [6, 6.07) is 4.58. The molecule has 0 saturated heterocycles. The third-order valence-corrected chi connectivity index (χ3v) is 3.23. The van der Waals surface area contributed by atoms with E-state index in [0.717, 1.165) is 6.39 Å². The predicted molar refractivity (Wildman–Crippen MR) is 73.6 cm³/mol. The van der Waals surface area contributed by atoms with E-state index < -0.39 is 24.5 Å².